The summed E-state index contributed by atoms with van der Waals surface area (Å²) < 4.78 is 14.0. The fourth-order valence-corrected chi connectivity index (χ4v) is 8.68. The molecule has 0 saturated heterocycles. The summed E-state index contributed by atoms with van der Waals surface area (Å²) in [5.41, 5.74) is 3.80. The van der Waals surface area contributed by atoms with Crippen molar-refractivity contribution >= 4 is 20.0 Å². The zero-order valence-corrected chi connectivity index (χ0v) is 21.4. The third kappa shape index (κ3) is 6.99. The zero-order valence-electron chi connectivity index (χ0n) is 18.1. The van der Waals surface area contributed by atoms with E-state index >= 15 is 0 Å². The van der Waals surface area contributed by atoms with Gasteiger partial charge in [-0.25, -0.2) is 0 Å². The quantitative estimate of drug-likeness (QED) is 0.258. The molecule has 0 N–H and O–H groups in total. The maximum atomic E-state index is 3.51. The number of benzene rings is 4. The van der Waals surface area contributed by atoms with Crippen LogP contribution in [-0.4, -0.2) is 20.0 Å². The van der Waals surface area contributed by atoms with Crippen molar-refractivity contribution in [2.45, 2.75) is 0 Å². The number of rotatable bonds is 0. The Bertz CT molecular complexity index is 1210. The summed E-state index contributed by atoms with van der Waals surface area (Å²) >= 11 is -4.05. The SMILES string of the molecule is C(#[C][In-]([C]#Cc1ccccc1)([C]#Cc1ccccc1)[C]#Cc1ccccc1)c1ccccc1. The van der Waals surface area contributed by atoms with Gasteiger partial charge in [0.1, 0.15) is 0 Å². The van der Waals surface area contributed by atoms with Gasteiger partial charge in [0.15, 0.2) is 0 Å². The Morgan fingerprint density at radius 2 is 0.515 bits per heavy atom. The summed E-state index contributed by atoms with van der Waals surface area (Å²) in [6.45, 7) is 0. The molecule has 33 heavy (non-hydrogen) atoms. The van der Waals surface area contributed by atoms with Crippen LogP contribution in [0.5, 0.6) is 0 Å². The molecule has 1 heteroatoms. The monoisotopic (exact) mass is 519 g/mol. The standard InChI is InChI=1S/4C8H5.In/c4*1-2-8-6-4-3-5-7-8;/h4*3-7H;/q;;;;-1. The Labute approximate surface area is 201 Å². The van der Waals surface area contributed by atoms with Crippen LogP contribution in [-0.2, 0) is 0 Å². The summed E-state index contributed by atoms with van der Waals surface area (Å²) in [5.74, 6) is 13.3. The molecule has 0 fully saturated rings. The molecule has 4 aromatic carbocycles. The zero-order chi connectivity index (χ0) is 22.6. The molecule has 4 aromatic rings. The van der Waals surface area contributed by atoms with E-state index in [4.69, 9.17) is 0 Å². The third-order valence-electron chi connectivity index (χ3n) is 4.83. The second-order valence-corrected chi connectivity index (χ2v) is 15.6. The normalized spacial score (nSPS) is 9.45. The molecule has 0 heterocycles. The van der Waals surface area contributed by atoms with Crippen LogP contribution in [0, 0.1) is 38.4 Å². The van der Waals surface area contributed by atoms with E-state index < -0.39 is 20.0 Å². The van der Waals surface area contributed by atoms with Gasteiger partial charge in [0.25, 0.3) is 0 Å². The van der Waals surface area contributed by atoms with Gasteiger partial charge in [-0.05, 0) is 0 Å². The molecule has 0 unspecified atom stereocenters. The van der Waals surface area contributed by atoms with Crippen LogP contribution >= 0.6 is 0 Å². The van der Waals surface area contributed by atoms with E-state index in [2.05, 4.69) is 38.4 Å². The van der Waals surface area contributed by atoms with E-state index in [0.29, 0.717) is 0 Å². The van der Waals surface area contributed by atoms with E-state index in [1.54, 1.807) is 0 Å². The van der Waals surface area contributed by atoms with E-state index in [-0.39, 0.29) is 0 Å². The Balaban J connectivity index is 1.88. The van der Waals surface area contributed by atoms with Gasteiger partial charge in [0, 0.05) is 0 Å². The molecule has 0 aliphatic heterocycles. The third-order valence-corrected chi connectivity index (χ3v) is 11.4. The molecule has 4 rings (SSSR count). The fraction of sp³-hybridized carbons (Fsp3) is 0. The molecule has 0 aromatic heterocycles. The van der Waals surface area contributed by atoms with E-state index in [1.165, 1.54) is 0 Å². The summed E-state index contributed by atoms with van der Waals surface area (Å²) in [4.78, 5) is 0. The Kier molecular flexibility index (Phi) is 7.78. The van der Waals surface area contributed by atoms with Crippen molar-refractivity contribution in [3.05, 3.63) is 144 Å². The number of hydrogen-bond donors (Lipinski definition) is 0. The van der Waals surface area contributed by atoms with Gasteiger partial charge in [-0.15, -0.1) is 0 Å². The summed E-state index contributed by atoms with van der Waals surface area (Å²) in [6, 6.07) is 39.9. The van der Waals surface area contributed by atoms with Gasteiger partial charge in [0.2, 0.25) is 0 Å². The second kappa shape index (κ2) is 11.6. The molecule has 0 aliphatic rings. The van der Waals surface area contributed by atoms with Crippen molar-refractivity contribution in [3.63, 3.8) is 0 Å². The first-order valence-corrected chi connectivity index (χ1v) is 17.4. The van der Waals surface area contributed by atoms with Gasteiger partial charge in [-0.3, -0.25) is 0 Å². The van der Waals surface area contributed by atoms with E-state index in [1.807, 2.05) is 121 Å². The van der Waals surface area contributed by atoms with Crippen LogP contribution in [0.1, 0.15) is 22.3 Å². The molecule has 152 valence electrons. The number of hydrogen-bond acceptors (Lipinski definition) is 0. The van der Waals surface area contributed by atoms with Gasteiger partial charge in [0.05, 0.1) is 0 Å². The molecule has 0 amide bonds. The van der Waals surface area contributed by atoms with Crippen LogP contribution in [0.15, 0.2) is 121 Å². The van der Waals surface area contributed by atoms with E-state index in [0.717, 1.165) is 22.3 Å². The van der Waals surface area contributed by atoms with Crippen molar-refractivity contribution in [1.29, 1.82) is 0 Å². The first kappa shape index (κ1) is 22.2. The molecule has 0 spiro atoms. The predicted octanol–water partition coefficient (Wildman–Crippen LogP) is 5.80. The average Bonchev–Trinajstić information content (AvgIpc) is 2.90. The molecule has 0 aliphatic carbocycles. The van der Waals surface area contributed by atoms with Crippen LogP contribution in [0.3, 0.4) is 0 Å². The fourth-order valence-electron chi connectivity index (χ4n) is 3.07. The average molecular weight is 519 g/mol. The minimum absolute atomic E-state index is 0.950. The van der Waals surface area contributed by atoms with Gasteiger partial charge in [-0.2, -0.15) is 0 Å². The van der Waals surface area contributed by atoms with Gasteiger partial charge < -0.3 is 0 Å². The van der Waals surface area contributed by atoms with E-state index in [9.17, 15) is 0 Å². The Hall–Kier alpha value is -4.01. The van der Waals surface area contributed by atoms with Crippen molar-refractivity contribution in [1.82, 2.24) is 0 Å². The maximum absolute atomic E-state index is 4.05. The van der Waals surface area contributed by atoms with Crippen LogP contribution in [0.4, 0.5) is 0 Å². The molecular weight excluding hydrogens is 499 g/mol. The molecular formula is C32H20In-. The molecule has 0 nitrogen and oxygen atoms in total. The topological polar surface area (TPSA) is 0 Å². The molecule has 0 bridgehead atoms. The molecule has 0 radical (unpaired) electrons. The summed E-state index contributed by atoms with van der Waals surface area (Å²) in [7, 11) is 0. The second-order valence-electron chi connectivity index (χ2n) is 7.41. The first-order valence-electron chi connectivity index (χ1n) is 10.8. The van der Waals surface area contributed by atoms with Crippen LogP contribution in [0.2, 0.25) is 0 Å². The van der Waals surface area contributed by atoms with Crippen LogP contribution < -0.4 is 0 Å². The first-order chi connectivity index (χ1) is 16.3. The van der Waals surface area contributed by atoms with Gasteiger partial charge >= 0.3 is 202 Å². The predicted molar refractivity (Wildman–Crippen MR) is 139 cm³/mol. The van der Waals surface area contributed by atoms with Crippen LogP contribution in [0.25, 0.3) is 0 Å². The van der Waals surface area contributed by atoms with Crippen molar-refractivity contribution in [2.24, 2.45) is 0 Å². The Morgan fingerprint density at radius 3 is 0.727 bits per heavy atom. The molecule has 0 atom stereocenters. The van der Waals surface area contributed by atoms with Crippen molar-refractivity contribution in [3.8, 4) is 38.4 Å². The Morgan fingerprint density at radius 1 is 0.303 bits per heavy atom. The minimum atomic E-state index is -4.05. The summed E-state index contributed by atoms with van der Waals surface area (Å²) in [6.07, 6.45) is 0. The summed E-state index contributed by atoms with van der Waals surface area (Å²) in [5, 5.41) is 0. The van der Waals surface area contributed by atoms with Crippen molar-refractivity contribution < 1.29 is 0 Å². The van der Waals surface area contributed by atoms with Gasteiger partial charge in [-0.1, -0.05) is 0 Å². The molecule has 0 saturated carbocycles. The van der Waals surface area contributed by atoms with Crippen molar-refractivity contribution in [2.75, 3.05) is 0 Å².